The number of unbranched alkanes of at least 4 members (excludes halogenated alkanes) is 6. The van der Waals surface area contributed by atoms with Crippen LogP contribution in [0.5, 0.6) is 0 Å². The average Bonchev–Trinajstić information content (AvgIpc) is 2.21. The normalized spacial score (nSPS) is 10.7. The number of carboxylic acids is 1. The van der Waals surface area contributed by atoms with E-state index < -0.39 is 5.97 Å². The van der Waals surface area contributed by atoms with Crippen molar-refractivity contribution >= 4 is 5.97 Å². The zero-order chi connectivity index (χ0) is 11.5. The third-order valence-electron chi connectivity index (χ3n) is 2.32. The van der Waals surface area contributed by atoms with Crippen LogP contribution in [0.15, 0.2) is 24.3 Å². The van der Waals surface area contributed by atoms with Gasteiger partial charge in [-0.2, -0.15) is 0 Å². The first-order chi connectivity index (χ1) is 7.18. The first-order valence-electron chi connectivity index (χ1n) is 5.77. The van der Waals surface area contributed by atoms with Crippen molar-refractivity contribution in [2.24, 2.45) is 0 Å². The van der Waals surface area contributed by atoms with Crippen LogP contribution < -0.4 is 0 Å². The lowest BCUT2D eigenvalue weighted by Crippen LogP contribution is -1.94. The summed E-state index contributed by atoms with van der Waals surface area (Å²) in [5.41, 5.74) is 0.168. The summed E-state index contributed by atoms with van der Waals surface area (Å²) >= 11 is 0. The fraction of sp³-hybridized carbons (Fsp3) is 0.615. The average molecular weight is 210 g/mol. The number of allylic oxidation sites excluding steroid dienone is 1. The summed E-state index contributed by atoms with van der Waals surface area (Å²) in [5, 5.41) is 8.53. The van der Waals surface area contributed by atoms with E-state index in [4.69, 9.17) is 5.11 Å². The van der Waals surface area contributed by atoms with Crippen LogP contribution in [0.1, 0.15) is 51.9 Å². The topological polar surface area (TPSA) is 37.3 Å². The summed E-state index contributed by atoms with van der Waals surface area (Å²) in [6.07, 6.45) is 12.0. The molecule has 0 radical (unpaired) electrons. The molecule has 2 heteroatoms. The Morgan fingerprint density at radius 3 is 2.40 bits per heavy atom. The molecule has 1 N–H and O–H groups in total. The number of carbonyl (C=O) groups is 1. The fourth-order valence-electron chi connectivity index (χ4n) is 1.34. The summed E-state index contributed by atoms with van der Waals surface area (Å²) in [5.74, 6) is -0.936. The third-order valence-corrected chi connectivity index (χ3v) is 2.32. The molecule has 0 aromatic rings. The van der Waals surface area contributed by atoms with E-state index in [2.05, 4.69) is 13.5 Å². The van der Waals surface area contributed by atoms with E-state index in [9.17, 15) is 4.79 Å². The molecular formula is C13H22O2. The molecule has 0 amide bonds. The summed E-state index contributed by atoms with van der Waals surface area (Å²) in [4.78, 5) is 10.4. The number of aliphatic carboxylic acids is 1. The Balaban J connectivity index is 3.31. The van der Waals surface area contributed by atoms with E-state index in [1.807, 2.05) is 6.08 Å². The molecule has 0 aromatic heterocycles. The van der Waals surface area contributed by atoms with Gasteiger partial charge in [-0.3, -0.25) is 0 Å². The van der Waals surface area contributed by atoms with Crippen LogP contribution in [0.25, 0.3) is 0 Å². The lowest BCUT2D eigenvalue weighted by atomic mass is 10.1. The Bertz CT molecular complexity index is 217. The molecule has 0 heterocycles. The minimum atomic E-state index is -0.936. The van der Waals surface area contributed by atoms with Gasteiger partial charge in [0.1, 0.15) is 0 Å². The highest BCUT2D eigenvalue weighted by Gasteiger charge is 1.96. The van der Waals surface area contributed by atoms with Crippen LogP contribution in [0.4, 0.5) is 0 Å². The Kier molecular flexibility index (Phi) is 8.84. The van der Waals surface area contributed by atoms with E-state index in [1.54, 1.807) is 6.08 Å². The number of carboxylic acid groups (broad SMARTS) is 1. The van der Waals surface area contributed by atoms with Gasteiger partial charge < -0.3 is 5.11 Å². The first kappa shape index (κ1) is 13.9. The van der Waals surface area contributed by atoms with Gasteiger partial charge in [0.15, 0.2) is 0 Å². The van der Waals surface area contributed by atoms with Gasteiger partial charge in [0, 0.05) is 0 Å². The molecule has 0 saturated carbocycles. The van der Waals surface area contributed by atoms with E-state index in [0.717, 1.165) is 12.8 Å². The largest absolute Gasteiger partial charge is 0.478 e. The minimum absolute atomic E-state index is 0.168. The first-order valence-corrected chi connectivity index (χ1v) is 5.77. The number of hydrogen-bond donors (Lipinski definition) is 1. The smallest absolute Gasteiger partial charge is 0.335 e. The van der Waals surface area contributed by atoms with Crippen molar-refractivity contribution in [3.63, 3.8) is 0 Å². The quantitative estimate of drug-likeness (QED) is 0.355. The van der Waals surface area contributed by atoms with Gasteiger partial charge in [0.2, 0.25) is 0 Å². The van der Waals surface area contributed by atoms with Gasteiger partial charge in [-0.05, 0) is 12.8 Å². The second-order valence-electron chi connectivity index (χ2n) is 3.79. The third kappa shape index (κ3) is 9.26. The van der Waals surface area contributed by atoms with E-state index in [-0.39, 0.29) is 5.57 Å². The highest BCUT2D eigenvalue weighted by atomic mass is 16.4. The lowest BCUT2D eigenvalue weighted by Gasteiger charge is -1.97. The molecule has 2 nitrogen and oxygen atoms in total. The second-order valence-corrected chi connectivity index (χ2v) is 3.79. The molecule has 0 aliphatic heterocycles. The lowest BCUT2D eigenvalue weighted by molar-refractivity contribution is -0.132. The SMILES string of the molecule is C=C(C=CCCCCCCCC)C(=O)O. The molecule has 0 rings (SSSR count). The Morgan fingerprint density at radius 2 is 1.80 bits per heavy atom. The highest BCUT2D eigenvalue weighted by molar-refractivity contribution is 5.88. The minimum Gasteiger partial charge on any atom is -0.478 e. The molecule has 0 saturated heterocycles. The van der Waals surface area contributed by atoms with Crippen LogP contribution in [-0.2, 0) is 4.79 Å². The van der Waals surface area contributed by atoms with E-state index in [0.29, 0.717) is 0 Å². The van der Waals surface area contributed by atoms with Crippen molar-refractivity contribution in [3.05, 3.63) is 24.3 Å². The van der Waals surface area contributed by atoms with Crippen molar-refractivity contribution in [2.45, 2.75) is 51.9 Å². The predicted molar refractivity (Wildman–Crippen MR) is 63.9 cm³/mol. The summed E-state index contributed by atoms with van der Waals surface area (Å²) in [6, 6.07) is 0. The molecule has 86 valence electrons. The predicted octanol–water partition coefficient (Wildman–Crippen LogP) is 3.93. The van der Waals surface area contributed by atoms with E-state index >= 15 is 0 Å². The molecule has 0 aliphatic rings. The Hall–Kier alpha value is -1.05. The molecular weight excluding hydrogens is 188 g/mol. The van der Waals surface area contributed by atoms with Crippen molar-refractivity contribution in [2.75, 3.05) is 0 Å². The molecule has 0 unspecified atom stereocenters. The highest BCUT2D eigenvalue weighted by Crippen LogP contribution is 2.07. The molecule has 0 spiro atoms. The van der Waals surface area contributed by atoms with Crippen molar-refractivity contribution in [1.82, 2.24) is 0 Å². The van der Waals surface area contributed by atoms with Gasteiger partial charge in [0.05, 0.1) is 5.57 Å². The molecule has 0 fully saturated rings. The van der Waals surface area contributed by atoms with Crippen LogP contribution >= 0.6 is 0 Å². The number of rotatable bonds is 9. The summed E-state index contributed by atoms with van der Waals surface area (Å²) in [6.45, 7) is 5.63. The van der Waals surface area contributed by atoms with Crippen LogP contribution in [0, 0.1) is 0 Å². The van der Waals surface area contributed by atoms with Crippen LogP contribution in [0.3, 0.4) is 0 Å². The maximum atomic E-state index is 10.4. The van der Waals surface area contributed by atoms with Crippen LogP contribution in [-0.4, -0.2) is 11.1 Å². The summed E-state index contributed by atoms with van der Waals surface area (Å²) < 4.78 is 0. The maximum Gasteiger partial charge on any atom is 0.335 e. The Morgan fingerprint density at radius 1 is 1.20 bits per heavy atom. The van der Waals surface area contributed by atoms with Gasteiger partial charge in [0.25, 0.3) is 0 Å². The van der Waals surface area contributed by atoms with Crippen molar-refractivity contribution < 1.29 is 9.90 Å². The fourth-order valence-corrected chi connectivity index (χ4v) is 1.34. The molecule has 0 atom stereocenters. The molecule has 0 bridgehead atoms. The van der Waals surface area contributed by atoms with E-state index in [1.165, 1.54) is 32.1 Å². The van der Waals surface area contributed by atoms with Gasteiger partial charge in [-0.1, -0.05) is 57.8 Å². The van der Waals surface area contributed by atoms with Crippen molar-refractivity contribution in [3.8, 4) is 0 Å². The number of hydrogen-bond acceptors (Lipinski definition) is 1. The molecule has 15 heavy (non-hydrogen) atoms. The van der Waals surface area contributed by atoms with Gasteiger partial charge >= 0.3 is 5.97 Å². The second kappa shape index (κ2) is 9.50. The summed E-state index contributed by atoms with van der Waals surface area (Å²) in [7, 11) is 0. The van der Waals surface area contributed by atoms with Gasteiger partial charge in [-0.25, -0.2) is 4.79 Å². The zero-order valence-electron chi connectivity index (χ0n) is 9.67. The molecule has 0 aliphatic carbocycles. The monoisotopic (exact) mass is 210 g/mol. The van der Waals surface area contributed by atoms with Gasteiger partial charge in [-0.15, -0.1) is 0 Å². The van der Waals surface area contributed by atoms with Crippen molar-refractivity contribution in [1.29, 1.82) is 0 Å². The molecule has 0 aromatic carbocycles. The maximum absolute atomic E-state index is 10.4. The Labute approximate surface area is 92.7 Å². The zero-order valence-corrected chi connectivity index (χ0v) is 9.67. The standard InChI is InChI=1S/C13H22O2/c1-3-4-5-6-7-8-9-10-11-12(2)13(14)15/h10-11H,2-9H2,1H3,(H,14,15). The van der Waals surface area contributed by atoms with Crippen LogP contribution in [0.2, 0.25) is 0 Å².